The number of hydrogen-bond donors (Lipinski definition) is 2. The number of benzene rings is 2. The van der Waals surface area contributed by atoms with E-state index in [0.717, 1.165) is 31.2 Å². The second-order valence-corrected chi connectivity index (χ2v) is 9.20. The Bertz CT molecular complexity index is 1120. The monoisotopic (exact) mass is 449 g/mol. The van der Waals surface area contributed by atoms with Crippen LogP contribution in [0, 0.1) is 6.92 Å². The highest BCUT2D eigenvalue weighted by molar-refractivity contribution is 7.99. The summed E-state index contributed by atoms with van der Waals surface area (Å²) in [6.45, 7) is 2.07. The summed E-state index contributed by atoms with van der Waals surface area (Å²) in [6, 6.07) is 15.5. The van der Waals surface area contributed by atoms with Crippen molar-refractivity contribution in [3.05, 3.63) is 71.5 Å². The Morgan fingerprint density at radius 2 is 1.91 bits per heavy atom. The molecule has 4 rings (SSSR count). The van der Waals surface area contributed by atoms with Crippen molar-refractivity contribution >= 4 is 29.3 Å². The molecule has 0 unspecified atom stereocenters. The lowest BCUT2D eigenvalue weighted by molar-refractivity contribution is -0.113. The summed E-state index contributed by atoms with van der Waals surface area (Å²) in [6.07, 6.45) is 5.63. The largest absolute Gasteiger partial charge is 0.343 e. The van der Waals surface area contributed by atoms with Gasteiger partial charge in [-0.1, -0.05) is 60.5 Å². The van der Waals surface area contributed by atoms with E-state index in [1.54, 1.807) is 35.2 Å². The van der Waals surface area contributed by atoms with E-state index in [4.69, 9.17) is 0 Å². The topological polar surface area (TPSA) is 88.9 Å². The minimum atomic E-state index is -0.338. The van der Waals surface area contributed by atoms with Crippen LogP contribution in [0.4, 0.5) is 5.69 Å². The van der Waals surface area contributed by atoms with Crippen LogP contribution in [-0.4, -0.2) is 32.3 Å². The van der Waals surface area contributed by atoms with Gasteiger partial charge in [-0.3, -0.25) is 9.59 Å². The molecule has 0 spiro atoms. The van der Waals surface area contributed by atoms with Gasteiger partial charge in [0.25, 0.3) is 5.91 Å². The first-order chi connectivity index (χ1) is 15.4. The van der Waals surface area contributed by atoms with E-state index in [2.05, 4.69) is 46.0 Å². The van der Waals surface area contributed by atoms with Crippen LogP contribution in [0.2, 0.25) is 0 Å². The predicted octanol–water partition coefficient (Wildman–Crippen LogP) is 4.05. The van der Waals surface area contributed by atoms with E-state index >= 15 is 0 Å². The summed E-state index contributed by atoms with van der Waals surface area (Å²) in [5.74, 6) is -0.0834. The summed E-state index contributed by atoms with van der Waals surface area (Å²) in [7, 11) is 1.83. The lowest BCUT2D eigenvalue weighted by Gasteiger charge is -2.31. The molecule has 0 bridgehead atoms. The van der Waals surface area contributed by atoms with Crippen LogP contribution < -0.4 is 10.6 Å². The minimum Gasteiger partial charge on any atom is -0.343 e. The molecule has 7 nitrogen and oxygen atoms in total. The second kappa shape index (κ2) is 9.56. The second-order valence-electron chi connectivity index (χ2n) is 8.25. The molecule has 0 saturated heterocycles. The average Bonchev–Trinajstić information content (AvgIpc) is 3.42. The molecule has 1 fully saturated rings. The lowest BCUT2D eigenvalue weighted by Crippen LogP contribution is -2.43. The quantitative estimate of drug-likeness (QED) is 0.531. The van der Waals surface area contributed by atoms with Gasteiger partial charge in [-0.05, 0) is 43.5 Å². The summed E-state index contributed by atoms with van der Waals surface area (Å²) in [4.78, 5) is 25.5. The highest BCUT2D eigenvalue weighted by atomic mass is 32.2. The lowest BCUT2D eigenvalue weighted by atomic mass is 9.87. The van der Waals surface area contributed by atoms with Gasteiger partial charge in [0.05, 0.1) is 11.3 Å². The minimum absolute atomic E-state index is 0.127. The van der Waals surface area contributed by atoms with Gasteiger partial charge in [0.1, 0.15) is 6.33 Å². The van der Waals surface area contributed by atoms with Crippen LogP contribution in [0.15, 0.2) is 60.0 Å². The third-order valence-corrected chi connectivity index (χ3v) is 6.83. The smallest absolute Gasteiger partial charge is 0.252 e. The van der Waals surface area contributed by atoms with Crippen molar-refractivity contribution in [3.8, 4) is 0 Å². The first-order valence-electron chi connectivity index (χ1n) is 10.7. The molecule has 0 radical (unpaired) electrons. The van der Waals surface area contributed by atoms with Crippen molar-refractivity contribution in [2.24, 2.45) is 7.05 Å². The van der Waals surface area contributed by atoms with Gasteiger partial charge in [0.15, 0.2) is 5.16 Å². The fraction of sp³-hybridized carbons (Fsp3) is 0.333. The van der Waals surface area contributed by atoms with Crippen molar-refractivity contribution in [3.63, 3.8) is 0 Å². The van der Waals surface area contributed by atoms with Crippen molar-refractivity contribution in [2.75, 3.05) is 11.1 Å². The molecule has 0 aliphatic heterocycles. The Hall–Kier alpha value is -3.13. The van der Waals surface area contributed by atoms with Crippen LogP contribution in [0.25, 0.3) is 0 Å². The number of anilines is 1. The molecule has 1 aromatic heterocycles. The van der Waals surface area contributed by atoms with Crippen LogP contribution >= 0.6 is 11.8 Å². The Balaban J connectivity index is 1.43. The normalized spacial score (nSPS) is 14.8. The number of hydrogen-bond acceptors (Lipinski definition) is 5. The van der Waals surface area contributed by atoms with Crippen molar-refractivity contribution < 1.29 is 9.59 Å². The third kappa shape index (κ3) is 5.02. The first kappa shape index (κ1) is 22.1. The average molecular weight is 450 g/mol. The molecule has 8 heteroatoms. The predicted molar refractivity (Wildman–Crippen MR) is 126 cm³/mol. The van der Waals surface area contributed by atoms with Crippen molar-refractivity contribution in [1.29, 1.82) is 0 Å². The van der Waals surface area contributed by atoms with Gasteiger partial charge in [-0.15, -0.1) is 10.2 Å². The molecular weight excluding hydrogens is 422 g/mol. The molecule has 1 aliphatic carbocycles. The zero-order valence-electron chi connectivity index (χ0n) is 18.3. The first-order valence-corrected chi connectivity index (χ1v) is 11.7. The number of aryl methyl sites for hydroxylation is 2. The Morgan fingerprint density at radius 3 is 2.62 bits per heavy atom. The number of carbonyl (C=O) groups excluding carboxylic acids is 2. The van der Waals surface area contributed by atoms with Gasteiger partial charge >= 0.3 is 0 Å². The zero-order chi connectivity index (χ0) is 22.6. The summed E-state index contributed by atoms with van der Waals surface area (Å²) >= 11 is 1.31. The molecular formula is C24H27N5O2S. The van der Waals surface area contributed by atoms with E-state index in [1.165, 1.54) is 17.3 Å². The molecule has 2 aromatic carbocycles. The van der Waals surface area contributed by atoms with Gasteiger partial charge in [-0.2, -0.15) is 0 Å². The van der Waals surface area contributed by atoms with Crippen molar-refractivity contribution in [1.82, 2.24) is 20.1 Å². The van der Waals surface area contributed by atoms with Crippen LogP contribution in [0.5, 0.6) is 0 Å². The Labute approximate surface area is 192 Å². The van der Waals surface area contributed by atoms with Crippen molar-refractivity contribution in [2.45, 2.75) is 43.3 Å². The molecule has 2 N–H and O–H groups in total. The van der Waals surface area contributed by atoms with Gasteiger partial charge in [0, 0.05) is 18.3 Å². The van der Waals surface area contributed by atoms with Crippen LogP contribution in [0.1, 0.15) is 47.2 Å². The molecule has 3 aromatic rings. The zero-order valence-corrected chi connectivity index (χ0v) is 19.1. The van der Waals surface area contributed by atoms with Crippen LogP contribution in [-0.2, 0) is 17.4 Å². The summed E-state index contributed by atoms with van der Waals surface area (Å²) in [5.41, 5.74) is 3.13. The summed E-state index contributed by atoms with van der Waals surface area (Å²) < 4.78 is 1.76. The molecule has 32 heavy (non-hydrogen) atoms. The highest BCUT2D eigenvalue weighted by Gasteiger charge is 2.37. The molecule has 166 valence electrons. The number of nitrogens with zero attached hydrogens (tertiary/aromatic N) is 3. The molecule has 0 atom stereocenters. The molecule has 1 aliphatic rings. The van der Waals surface area contributed by atoms with Gasteiger partial charge in [-0.25, -0.2) is 0 Å². The number of rotatable bonds is 7. The maximum absolute atomic E-state index is 13.2. The third-order valence-electron chi connectivity index (χ3n) is 5.79. The standard InChI is InChI=1S/C24H27N5O2S/c1-17-7-5-9-19(13-17)24(11-3-4-12-24)27-22(31)18-8-6-10-20(14-18)26-21(30)15-32-23-28-25-16-29(23)2/h5-10,13-14,16H,3-4,11-12,15H2,1-2H3,(H,26,30)(H,27,31). The maximum atomic E-state index is 13.2. The fourth-order valence-corrected chi connectivity index (χ4v) is 4.85. The number of thioether (sulfide) groups is 1. The summed E-state index contributed by atoms with van der Waals surface area (Å²) in [5, 5.41) is 14.6. The number of carbonyl (C=O) groups is 2. The Kier molecular flexibility index (Phi) is 6.60. The molecule has 1 saturated carbocycles. The number of aromatic nitrogens is 3. The van der Waals surface area contributed by atoms with Gasteiger partial charge in [0.2, 0.25) is 5.91 Å². The Morgan fingerprint density at radius 1 is 1.12 bits per heavy atom. The van der Waals surface area contributed by atoms with Gasteiger partial charge < -0.3 is 15.2 Å². The van der Waals surface area contributed by atoms with E-state index < -0.39 is 0 Å². The fourth-order valence-electron chi connectivity index (χ4n) is 4.17. The van der Waals surface area contributed by atoms with Crippen LogP contribution in [0.3, 0.4) is 0 Å². The number of amides is 2. The van der Waals surface area contributed by atoms with E-state index in [9.17, 15) is 9.59 Å². The highest BCUT2D eigenvalue weighted by Crippen LogP contribution is 2.39. The molecule has 2 amide bonds. The van der Waals surface area contributed by atoms with E-state index in [1.807, 2.05) is 13.1 Å². The number of nitrogens with one attached hydrogen (secondary N) is 2. The maximum Gasteiger partial charge on any atom is 0.252 e. The molecule has 1 heterocycles. The van der Waals surface area contributed by atoms with E-state index in [0.29, 0.717) is 16.4 Å². The van der Waals surface area contributed by atoms with E-state index in [-0.39, 0.29) is 23.1 Å². The SMILES string of the molecule is Cc1cccc(C2(NC(=O)c3cccc(NC(=O)CSc4nncn4C)c3)CCCC2)c1.